The summed E-state index contributed by atoms with van der Waals surface area (Å²) in [5.74, 6) is -0.772. The Kier molecular flexibility index (Phi) is 3.70. The molecule has 0 spiro atoms. The molecule has 2 aliphatic heterocycles. The number of phenolic OH excluding ortho intramolecular Hbond substituents is 1. The summed E-state index contributed by atoms with van der Waals surface area (Å²) < 4.78 is 23.1. The van der Waals surface area contributed by atoms with Gasteiger partial charge in [0, 0.05) is 30.5 Å². The van der Waals surface area contributed by atoms with Gasteiger partial charge >= 0.3 is 0 Å². The van der Waals surface area contributed by atoms with Crippen molar-refractivity contribution in [3.63, 3.8) is 0 Å². The van der Waals surface area contributed by atoms with E-state index in [1.54, 1.807) is 6.07 Å². The second kappa shape index (κ2) is 5.97. The van der Waals surface area contributed by atoms with Gasteiger partial charge in [0.25, 0.3) is 0 Å². The van der Waals surface area contributed by atoms with Crippen LogP contribution in [0.15, 0.2) is 18.2 Å². The molecule has 0 aromatic heterocycles. The van der Waals surface area contributed by atoms with Crippen molar-refractivity contribution in [3.05, 3.63) is 46.0 Å². The molecule has 7 heteroatoms. The predicted octanol–water partition coefficient (Wildman–Crippen LogP) is 3.54. The molecule has 1 saturated heterocycles. The van der Waals surface area contributed by atoms with Gasteiger partial charge < -0.3 is 24.1 Å². The molecule has 7 nitrogen and oxygen atoms in total. The fourth-order valence-corrected chi connectivity index (χ4v) is 4.64. The highest BCUT2D eigenvalue weighted by atomic mass is 16.7. The number of ketones is 2. The Hall–Kier alpha value is -3.06. The van der Waals surface area contributed by atoms with Gasteiger partial charge in [-0.15, -0.1) is 0 Å². The molecule has 0 unspecified atom stereocenters. The van der Waals surface area contributed by atoms with Gasteiger partial charge in [0.1, 0.15) is 23.0 Å². The van der Waals surface area contributed by atoms with Gasteiger partial charge in [-0.25, -0.2) is 0 Å². The summed E-state index contributed by atoms with van der Waals surface area (Å²) in [7, 11) is 2.85. The quantitative estimate of drug-likeness (QED) is 0.708. The van der Waals surface area contributed by atoms with Crippen LogP contribution in [-0.4, -0.2) is 36.7 Å². The highest BCUT2D eigenvalue weighted by Gasteiger charge is 2.46. The Bertz CT molecular complexity index is 1090. The van der Waals surface area contributed by atoms with Crippen LogP contribution in [0, 0.1) is 0 Å². The maximum Gasteiger partial charge on any atom is 0.208 e. The number of carbonyl (C=O) groups excluding carboxylic acids is 2. The van der Waals surface area contributed by atoms with E-state index in [9.17, 15) is 14.7 Å². The number of hydrogen-bond donors (Lipinski definition) is 1. The van der Waals surface area contributed by atoms with Gasteiger partial charge in [-0.3, -0.25) is 9.59 Å². The van der Waals surface area contributed by atoms with Gasteiger partial charge in [0.05, 0.1) is 37.0 Å². The van der Waals surface area contributed by atoms with Gasteiger partial charge in [0.15, 0.2) is 5.78 Å². The summed E-state index contributed by atoms with van der Waals surface area (Å²) in [5, 5.41) is 9.98. The van der Waals surface area contributed by atoms with Crippen molar-refractivity contribution < 1.29 is 33.6 Å². The van der Waals surface area contributed by atoms with Gasteiger partial charge in [-0.1, -0.05) is 0 Å². The molecule has 2 aromatic carbocycles. The normalized spacial score (nSPS) is 24.2. The van der Waals surface area contributed by atoms with Crippen molar-refractivity contribution in [1.29, 1.82) is 0 Å². The SMILES string of the molecule is COc1cc(O)cc2c1C(=O)c1c(cc3c(c1OC)[C@@H]1CCC[C@](C)(O3)O1)C2=O. The van der Waals surface area contributed by atoms with E-state index in [0.717, 1.165) is 19.3 Å². The highest BCUT2D eigenvalue weighted by Crippen LogP contribution is 2.53. The van der Waals surface area contributed by atoms with E-state index in [1.807, 2.05) is 6.92 Å². The van der Waals surface area contributed by atoms with Crippen molar-refractivity contribution >= 4 is 11.6 Å². The summed E-state index contributed by atoms with van der Waals surface area (Å²) in [5.41, 5.74) is 1.24. The van der Waals surface area contributed by atoms with Crippen LogP contribution in [-0.2, 0) is 4.74 Å². The summed E-state index contributed by atoms with van der Waals surface area (Å²) in [6, 6.07) is 4.21. The molecule has 1 fully saturated rings. The van der Waals surface area contributed by atoms with Crippen molar-refractivity contribution in [1.82, 2.24) is 0 Å². The molecular formula is C22H20O7. The highest BCUT2D eigenvalue weighted by molar-refractivity contribution is 6.30. The van der Waals surface area contributed by atoms with Gasteiger partial charge in [-0.2, -0.15) is 0 Å². The molecular weight excluding hydrogens is 376 g/mol. The van der Waals surface area contributed by atoms with E-state index < -0.39 is 17.4 Å². The Morgan fingerprint density at radius 1 is 1.07 bits per heavy atom. The lowest BCUT2D eigenvalue weighted by molar-refractivity contribution is -0.243. The van der Waals surface area contributed by atoms with Crippen LogP contribution in [0.3, 0.4) is 0 Å². The van der Waals surface area contributed by atoms with E-state index >= 15 is 0 Å². The van der Waals surface area contributed by atoms with Crippen molar-refractivity contribution in [2.75, 3.05) is 14.2 Å². The molecule has 2 bridgehead atoms. The van der Waals surface area contributed by atoms with Crippen LogP contribution in [0.4, 0.5) is 0 Å². The molecule has 150 valence electrons. The molecule has 2 heterocycles. The van der Waals surface area contributed by atoms with Crippen molar-refractivity contribution in [2.24, 2.45) is 0 Å². The molecule has 1 N–H and O–H groups in total. The zero-order valence-electron chi connectivity index (χ0n) is 16.3. The smallest absolute Gasteiger partial charge is 0.208 e. The van der Waals surface area contributed by atoms with Crippen LogP contribution in [0.1, 0.15) is 69.7 Å². The molecule has 0 saturated carbocycles. The number of ether oxygens (including phenoxy) is 4. The van der Waals surface area contributed by atoms with E-state index in [2.05, 4.69) is 0 Å². The third-order valence-electron chi connectivity index (χ3n) is 5.87. The third-order valence-corrected chi connectivity index (χ3v) is 5.87. The average molecular weight is 396 g/mol. The Labute approximate surface area is 167 Å². The third kappa shape index (κ3) is 2.40. The van der Waals surface area contributed by atoms with Crippen LogP contribution in [0.25, 0.3) is 0 Å². The summed E-state index contributed by atoms with van der Waals surface area (Å²) >= 11 is 0. The number of benzene rings is 2. The van der Waals surface area contributed by atoms with Crippen LogP contribution < -0.4 is 14.2 Å². The van der Waals surface area contributed by atoms with E-state index in [0.29, 0.717) is 17.1 Å². The average Bonchev–Trinajstić information content (AvgIpc) is 2.69. The lowest BCUT2D eigenvalue weighted by Gasteiger charge is -2.44. The number of hydrogen-bond acceptors (Lipinski definition) is 7. The van der Waals surface area contributed by atoms with Crippen molar-refractivity contribution in [3.8, 4) is 23.0 Å². The fraction of sp³-hybridized carbons (Fsp3) is 0.364. The Morgan fingerprint density at radius 2 is 1.83 bits per heavy atom. The largest absolute Gasteiger partial charge is 0.508 e. The lowest BCUT2D eigenvalue weighted by Crippen LogP contribution is -2.44. The first-order valence-corrected chi connectivity index (χ1v) is 9.49. The number of phenols is 1. The fourth-order valence-electron chi connectivity index (χ4n) is 4.64. The number of fused-ring (bicyclic) bond motifs is 6. The number of aromatic hydroxyl groups is 1. The minimum Gasteiger partial charge on any atom is -0.508 e. The van der Waals surface area contributed by atoms with Gasteiger partial charge in [-0.05, 0) is 25.0 Å². The minimum absolute atomic E-state index is 0.0971. The molecule has 1 aliphatic carbocycles. The molecule has 0 amide bonds. The molecule has 2 aromatic rings. The summed E-state index contributed by atoms with van der Waals surface area (Å²) in [4.78, 5) is 26.8. The topological polar surface area (TPSA) is 91.3 Å². The maximum absolute atomic E-state index is 13.5. The molecule has 3 aliphatic rings. The monoisotopic (exact) mass is 396 g/mol. The minimum atomic E-state index is -0.768. The molecule has 29 heavy (non-hydrogen) atoms. The Morgan fingerprint density at radius 3 is 2.55 bits per heavy atom. The van der Waals surface area contributed by atoms with E-state index in [1.165, 1.54) is 26.4 Å². The Balaban J connectivity index is 1.80. The first kappa shape index (κ1) is 18.0. The summed E-state index contributed by atoms with van der Waals surface area (Å²) in [6.45, 7) is 1.87. The van der Waals surface area contributed by atoms with Gasteiger partial charge in [0.2, 0.25) is 11.6 Å². The van der Waals surface area contributed by atoms with Crippen LogP contribution >= 0.6 is 0 Å². The molecule has 5 rings (SSSR count). The second-order valence-electron chi connectivity index (χ2n) is 7.71. The first-order chi connectivity index (χ1) is 13.9. The summed E-state index contributed by atoms with van der Waals surface area (Å²) in [6.07, 6.45) is 2.16. The lowest BCUT2D eigenvalue weighted by atomic mass is 9.80. The van der Waals surface area contributed by atoms with E-state index in [-0.39, 0.29) is 39.9 Å². The number of methoxy groups -OCH3 is 2. The second-order valence-corrected chi connectivity index (χ2v) is 7.71. The number of carbonyl (C=O) groups is 2. The first-order valence-electron chi connectivity index (χ1n) is 9.49. The van der Waals surface area contributed by atoms with Crippen LogP contribution in [0.5, 0.6) is 23.0 Å². The predicted molar refractivity (Wildman–Crippen MR) is 101 cm³/mol. The molecule has 2 atom stereocenters. The van der Waals surface area contributed by atoms with Crippen molar-refractivity contribution in [2.45, 2.75) is 38.1 Å². The maximum atomic E-state index is 13.5. The molecule has 0 radical (unpaired) electrons. The zero-order chi connectivity index (χ0) is 20.5. The van der Waals surface area contributed by atoms with E-state index in [4.69, 9.17) is 18.9 Å². The zero-order valence-corrected chi connectivity index (χ0v) is 16.3. The standard InChI is InChI=1S/C22H20O7/c1-22-6-4-5-13(28-22)18-15(29-22)9-12-17(21(18)27-3)20(25)16-11(19(12)24)7-10(23)8-14(16)26-2/h7-9,13,23H,4-6H2,1-3H3/t13-,22-/m0/s1. The number of rotatable bonds is 2. The van der Waals surface area contributed by atoms with Crippen LogP contribution in [0.2, 0.25) is 0 Å².